The fourth-order valence-corrected chi connectivity index (χ4v) is 3.99. The highest BCUT2D eigenvalue weighted by Crippen LogP contribution is 2.23. The first-order valence-corrected chi connectivity index (χ1v) is 14.0. The average Bonchev–Trinajstić information content (AvgIpc) is 2.98. The maximum Gasteiger partial charge on any atom is 0.338 e. The minimum absolute atomic E-state index is 0.0725. The Kier molecular flexibility index (Phi) is 12.7. The number of carbonyl (C=O) groups excluding carboxylic acids is 3. The molecule has 0 saturated carbocycles. The summed E-state index contributed by atoms with van der Waals surface area (Å²) in [5.74, 6) is 0.681. The zero-order valence-corrected chi connectivity index (χ0v) is 24.6. The summed E-state index contributed by atoms with van der Waals surface area (Å²) < 4.78 is 27.2. The Balaban J connectivity index is 1.50. The van der Waals surface area contributed by atoms with Gasteiger partial charge in [0.1, 0.15) is 30.4 Å². The number of ether oxygens (including phenoxy) is 5. The smallest absolute Gasteiger partial charge is 0.338 e. The number of aryl methyl sites for hydroxylation is 1. The van der Waals surface area contributed by atoms with E-state index in [-0.39, 0.29) is 25.7 Å². The number of rotatable bonds is 16. The van der Waals surface area contributed by atoms with Crippen molar-refractivity contribution in [3.05, 3.63) is 89.0 Å². The average molecular weight is 578 g/mol. The molecular formula is C33H39NO8. The monoisotopic (exact) mass is 577 g/mol. The van der Waals surface area contributed by atoms with Crippen molar-refractivity contribution in [3.8, 4) is 17.2 Å². The molecule has 3 aromatic carbocycles. The number of nitrogens with one attached hydrogen (secondary N) is 1. The summed E-state index contributed by atoms with van der Waals surface area (Å²) in [6.45, 7) is 6.59. The molecule has 0 aromatic heterocycles. The van der Waals surface area contributed by atoms with Gasteiger partial charge < -0.3 is 29.0 Å². The summed E-state index contributed by atoms with van der Waals surface area (Å²) in [5.41, 5.74) is 3.04. The van der Waals surface area contributed by atoms with E-state index in [9.17, 15) is 14.4 Å². The van der Waals surface area contributed by atoms with Crippen LogP contribution in [0.3, 0.4) is 0 Å². The third-order valence-electron chi connectivity index (χ3n) is 6.07. The third kappa shape index (κ3) is 10.8. The second kappa shape index (κ2) is 16.7. The normalized spacial score (nSPS) is 10.6. The number of carbonyl (C=O) groups is 3. The Labute approximate surface area is 247 Å². The molecule has 0 heterocycles. The van der Waals surface area contributed by atoms with Gasteiger partial charge in [-0.2, -0.15) is 0 Å². The van der Waals surface area contributed by atoms with E-state index in [1.807, 2.05) is 62.4 Å². The maximum atomic E-state index is 12.4. The summed E-state index contributed by atoms with van der Waals surface area (Å²) in [5, 5.41) is 2.50. The van der Waals surface area contributed by atoms with Gasteiger partial charge in [-0.1, -0.05) is 24.3 Å². The summed E-state index contributed by atoms with van der Waals surface area (Å²) in [4.78, 5) is 36.0. The van der Waals surface area contributed by atoms with E-state index in [2.05, 4.69) is 10.1 Å². The van der Waals surface area contributed by atoms with Crippen LogP contribution in [0.4, 0.5) is 0 Å². The van der Waals surface area contributed by atoms with Crippen LogP contribution in [0.1, 0.15) is 54.2 Å². The zero-order valence-electron chi connectivity index (χ0n) is 24.6. The van der Waals surface area contributed by atoms with Crippen LogP contribution in [0.2, 0.25) is 0 Å². The Morgan fingerprint density at radius 3 is 2.21 bits per heavy atom. The maximum absolute atomic E-state index is 12.4. The minimum atomic E-state index is -0.554. The first kappa shape index (κ1) is 32.0. The molecular weight excluding hydrogens is 538 g/mol. The van der Waals surface area contributed by atoms with Crippen molar-refractivity contribution in [1.29, 1.82) is 0 Å². The number of hydrogen-bond acceptors (Lipinski definition) is 8. The van der Waals surface area contributed by atoms with Crippen LogP contribution in [0.5, 0.6) is 17.2 Å². The van der Waals surface area contributed by atoms with Crippen LogP contribution in [0.25, 0.3) is 0 Å². The Hall–Kier alpha value is -4.53. The van der Waals surface area contributed by atoms with Gasteiger partial charge in [-0.3, -0.25) is 9.59 Å². The van der Waals surface area contributed by atoms with Gasteiger partial charge in [0.15, 0.2) is 0 Å². The van der Waals surface area contributed by atoms with Crippen molar-refractivity contribution >= 4 is 17.8 Å². The molecule has 0 spiro atoms. The minimum Gasteiger partial charge on any atom is -0.493 e. The Morgan fingerprint density at radius 1 is 0.857 bits per heavy atom. The van der Waals surface area contributed by atoms with E-state index in [0.29, 0.717) is 30.1 Å². The van der Waals surface area contributed by atoms with E-state index in [4.69, 9.17) is 18.9 Å². The van der Waals surface area contributed by atoms with Crippen LogP contribution in [0, 0.1) is 0 Å². The number of methoxy groups -OCH3 is 1. The van der Waals surface area contributed by atoms with Crippen LogP contribution in [-0.4, -0.2) is 50.8 Å². The molecule has 0 unspecified atom stereocenters. The van der Waals surface area contributed by atoms with E-state index >= 15 is 0 Å². The molecule has 0 aliphatic heterocycles. The van der Waals surface area contributed by atoms with Crippen LogP contribution >= 0.6 is 0 Å². The van der Waals surface area contributed by atoms with Gasteiger partial charge in [-0.25, -0.2) is 4.79 Å². The number of benzene rings is 3. The van der Waals surface area contributed by atoms with Gasteiger partial charge in [-0.05, 0) is 87.2 Å². The van der Waals surface area contributed by atoms with Crippen molar-refractivity contribution in [2.45, 2.75) is 52.7 Å². The first-order chi connectivity index (χ1) is 20.3. The SMILES string of the molecule is CCOC(=O)c1ccc(OCCCc2ccc(OCc3ccc(OC(C)C)cc3)cc2)c(CC(=O)NCC(=O)OC)c1. The molecule has 0 aliphatic rings. The molecule has 9 heteroatoms. The summed E-state index contributed by atoms with van der Waals surface area (Å²) >= 11 is 0. The summed E-state index contributed by atoms with van der Waals surface area (Å²) in [6, 6.07) is 20.7. The molecule has 42 heavy (non-hydrogen) atoms. The quantitative estimate of drug-likeness (QED) is 0.186. The van der Waals surface area contributed by atoms with Crippen molar-refractivity contribution < 1.29 is 38.1 Å². The predicted octanol–water partition coefficient (Wildman–Crippen LogP) is 5.07. The molecule has 224 valence electrons. The van der Waals surface area contributed by atoms with E-state index < -0.39 is 17.8 Å². The second-order valence-electron chi connectivity index (χ2n) is 9.77. The number of hydrogen-bond donors (Lipinski definition) is 1. The highest BCUT2D eigenvalue weighted by atomic mass is 16.5. The highest BCUT2D eigenvalue weighted by Gasteiger charge is 2.15. The zero-order chi connectivity index (χ0) is 30.3. The predicted molar refractivity (Wildman–Crippen MR) is 158 cm³/mol. The van der Waals surface area contributed by atoms with Gasteiger partial charge in [0.25, 0.3) is 0 Å². The van der Waals surface area contributed by atoms with Gasteiger partial charge in [0.05, 0.1) is 38.4 Å². The van der Waals surface area contributed by atoms with Crippen LogP contribution in [0.15, 0.2) is 66.7 Å². The lowest BCUT2D eigenvalue weighted by Crippen LogP contribution is -2.31. The van der Waals surface area contributed by atoms with Crippen LogP contribution in [-0.2, 0) is 38.5 Å². The van der Waals surface area contributed by atoms with Gasteiger partial charge in [0.2, 0.25) is 5.91 Å². The lowest BCUT2D eigenvalue weighted by molar-refractivity contribution is -0.141. The topological polar surface area (TPSA) is 109 Å². The molecule has 0 aliphatic carbocycles. The van der Waals surface area contributed by atoms with E-state index in [0.717, 1.165) is 35.5 Å². The molecule has 3 aromatic rings. The first-order valence-electron chi connectivity index (χ1n) is 14.0. The molecule has 1 amide bonds. The van der Waals surface area contributed by atoms with E-state index in [1.165, 1.54) is 7.11 Å². The molecule has 0 radical (unpaired) electrons. The Bertz CT molecular complexity index is 1300. The lowest BCUT2D eigenvalue weighted by Gasteiger charge is -2.13. The standard InChI is InChI=1S/C33H39NO8/c1-5-39-33(37)26-12-17-30(27(19-26)20-31(35)34-21-32(36)38-4)40-18-6-7-24-8-13-28(14-9-24)41-22-25-10-15-29(16-11-25)42-23(2)3/h8-17,19,23H,5-7,18,20-22H2,1-4H3,(H,34,35). The fraction of sp³-hybridized carbons (Fsp3) is 0.364. The lowest BCUT2D eigenvalue weighted by atomic mass is 10.1. The Morgan fingerprint density at radius 2 is 1.55 bits per heavy atom. The number of esters is 2. The summed E-state index contributed by atoms with van der Waals surface area (Å²) in [7, 11) is 1.25. The largest absolute Gasteiger partial charge is 0.493 e. The molecule has 0 fully saturated rings. The van der Waals surface area contributed by atoms with Gasteiger partial charge in [-0.15, -0.1) is 0 Å². The molecule has 0 atom stereocenters. The van der Waals surface area contributed by atoms with Crippen molar-refractivity contribution in [2.24, 2.45) is 0 Å². The molecule has 1 N–H and O–H groups in total. The van der Waals surface area contributed by atoms with Crippen LogP contribution < -0.4 is 19.5 Å². The van der Waals surface area contributed by atoms with Crippen molar-refractivity contribution in [2.75, 3.05) is 26.9 Å². The third-order valence-corrected chi connectivity index (χ3v) is 6.07. The highest BCUT2D eigenvalue weighted by molar-refractivity contribution is 5.90. The number of amides is 1. The summed E-state index contributed by atoms with van der Waals surface area (Å²) in [6.07, 6.45) is 1.58. The molecule has 3 rings (SSSR count). The van der Waals surface area contributed by atoms with Crippen molar-refractivity contribution in [1.82, 2.24) is 5.32 Å². The van der Waals surface area contributed by atoms with Crippen molar-refractivity contribution in [3.63, 3.8) is 0 Å². The molecule has 9 nitrogen and oxygen atoms in total. The molecule has 0 bridgehead atoms. The van der Waals surface area contributed by atoms with Gasteiger partial charge >= 0.3 is 11.9 Å². The van der Waals surface area contributed by atoms with Gasteiger partial charge in [0, 0.05) is 5.56 Å². The molecule has 0 saturated heterocycles. The fourth-order valence-electron chi connectivity index (χ4n) is 3.99. The second-order valence-corrected chi connectivity index (χ2v) is 9.77. The van der Waals surface area contributed by atoms with E-state index in [1.54, 1.807) is 25.1 Å².